The maximum absolute atomic E-state index is 13.0. The fourth-order valence-electron chi connectivity index (χ4n) is 3.66. The lowest BCUT2D eigenvalue weighted by Crippen LogP contribution is -2.34. The number of H-pyrrole nitrogens is 1. The van der Waals surface area contributed by atoms with Gasteiger partial charge >= 0.3 is 0 Å². The quantitative estimate of drug-likeness (QED) is 0.284. The Hall–Kier alpha value is -3.36. The third kappa shape index (κ3) is 5.76. The first-order valence-electron chi connectivity index (χ1n) is 11.5. The highest BCUT2D eigenvalue weighted by Gasteiger charge is 2.31. The second-order valence-corrected chi connectivity index (χ2v) is 11.7. The van der Waals surface area contributed by atoms with Crippen LogP contribution in [0, 0.1) is 15.5 Å². The second-order valence-electron chi connectivity index (χ2n) is 11.7. The summed E-state index contributed by atoms with van der Waals surface area (Å²) in [5, 5.41) is 20.5. The number of anilines is 2. The number of aromatic amines is 1. The predicted octanol–water partition coefficient (Wildman–Crippen LogP) is 6.14. The number of amides is 1. The molecule has 184 valence electrons. The van der Waals surface area contributed by atoms with E-state index < -0.39 is 4.92 Å². The maximum atomic E-state index is 13.0. The van der Waals surface area contributed by atoms with Crippen LogP contribution in [0.5, 0.6) is 0 Å². The van der Waals surface area contributed by atoms with Crippen molar-refractivity contribution in [2.24, 2.45) is 5.41 Å². The predicted molar refractivity (Wildman–Crippen MR) is 136 cm³/mol. The van der Waals surface area contributed by atoms with Gasteiger partial charge in [0.1, 0.15) is 5.56 Å². The Bertz CT molecular complexity index is 1190. The minimum Gasteiger partial charge on any atom is -0.364 e. The van der Waals surface area contributed by atoms with Gasteiger partial charge in [0.25, 0.3) is 11.6 Å². The molecule has 0 radical (unpaired) electrons. The molecule has 0 unspecified atom stereocenters. The van der Waals surface area contributed by atoms with Crippen molar-refractivity contribution < 1.29 is 9.72 Å². The van der Waals surface area contributed by atoms with Gasteiger partial charge in [-0.25, -0.2) is 9.50 Å². The van der Waals surface area contributed by atoms with Crippen molar-refractivity contribution in [1.82, 2.24) is 14.6 Å². The molecule has 9 heteroatoms. The Morgan fingerprint density at radius 1 is 1.06 bits per heavy atom. The molecule has 0 atom stereocenters. The third-order valence-electron chi connectivity index (χ3n) is 5.70. The molecule has 9 nitrogen and oxygen atoms in total. The van der Waals surface area contributed by atoms with Crippen molar-refractivity contribution in [2.75, 3.05) is 10.6 Å². The van der Waals surface area contributed by atoms with Crippen LogP contribution in [0.3, 0.4) is 0 Å². The fraction of sp³-hybridized carbons (Fsp3) is 0.520. The van der Waals surface area contributed by atoms with Crippen LogP contribution in [0.1, 0.15) is 84.3 Å². The number of benzene rings is 1. The molecule has 34 heavy (non-hydrogen) atoms. The van der Waals surface area contributed by atoms with Gasteiger partial charge in [-0.15, -0.1) is 0 Å². The van der Waals surface area contributed by atoms with Crippen molar-refractivity contribution in [3.8, 4) is 0 Å². The highest BCUT2D eigenvalue weighted by molar-refractivity contribution is 6.08. The van der Waals surface area contributed by atoms with E-state index in [0.717, 1.165) is 24.4 Å². The Kier molecular flexibility index (Phi) is 6.52. The van der Waals surface area contributed by atoms with Crippen molar-refractivity contribution in [1.29, 1.82) is 0 Å². The summed E-state index contributed by atoms with van der Waals surface area (Å²) in [5.41, 5.74) is 2.02. The minimum absolute atomic E-state index is 0.0325. The molecule has 2 aromatic heterocycles. The monoisotopic (exact) mass is 468 g/mol. The van der Waals surface area contributed by atoms with E-state index in [9.17, 15) is 14.9 Å². The number of nitro groups is 1. The molecule has 0 spiro atoms. The molecule has 0 aliphatic heterocycles. The average Bonchev–Trinajstić information content (AvgIpc) is 3.26. The van der Waals surface area contributed by atoms with Gasteiger partial charge in [0.05, 0.1) is 10.6 Å². The normalized spacial score (nSPS) is 12.7. The number of nitrogens with one attached hydrogen (secondary N) is 3. The van der Waals surface area contributed by atoms with E-state index in [4.69, 9.17) is 4.98 Å². The van der Waals surface area contributed by atoms with Crippen LogP contribution in [0.4, 0.5) is 17.2 Å². The van der Waals surface area contributed by atoms with Crippen LogP contribution in [0.2, 0.25) is 0 Å². The van der Waals surface area contributed by atoms with Gasteiger partial charge in [-0.3, -0.25) is 20.0 Å². The van der Waals surface area contributed by atoms with E-state index in [0.29, 0.717) is 16.9 Å². The van der Waals surface area contributed by atoms with Crippen LogP contribution in [0.15, 0.2) is 30.5 Å². The van der Waals surface area contributed by atoms with Gasteiger partial charge in [0.15, 0.2) is 11.5 Å². The Labute approximate surface area is 200 Å². The fourth-order valence-corrected chi connectivity index (χ4v) is 3.66. The highest BCUT2D eigenvalue weighted by Crippen LogP contribution is 2.34. The zero-order chi connectivity index (χ0) is 25.5. The Morgan fingerprint density at radius 2 is 1.68 bits per heavy atom. The summed E-state index contributed by atoms with van der Waals surface area (Å²) in [6.07, 6.45) is 3.66. The summed E-state index contributed by atoms with van der Waals surface area (Å²) >= 11 is 0. The SMILES string of the molecule is CC(C)(C)CCC(C)(C)Nc1c(C(C)(C)C)nc2c(C(=O)Nc3ccc([N+](=O)[O-])cc3)c[nH]n12. The first-order valence-corrected chi connectivity index (χ1v) is 11.5. The highest BCUT2D eigenvalue weighted by atomic mass is 16.6. The summed E-state index contributed by atoms with van der Waals surface area (Å²) < 4.78 is 1.82. The van der Waals surface area contributed by atoms with E-state index in [1.165, 1.54) is 24.3 Å². The van der Waals surface area contributed by atoms with E-state index >= 15 is 0 Å². The summed E-state index contributed by atoms with van der Waals surface area (Å²) in [6, 6.07) is 5.74. The molecule has 0 saturated carbocycles. The van der Waals surface area contributed by atoms with Crippen LogP contribution >= 0.6 is 0 Å². The minimum atomic E-state index is -0.475. The molecule has 1 aromatic carbocycles. The summed E-state index contributed by atoms with van der Waals surface area (Å²) in [5.74, 6) is 0.500. The molecule has 0 aliphatic rings. The Morgan fingerprint density at radius 3 is 2.21 bits per heavy atom. The summed E-state index contributed by atoms with van der Waals surface area (Å²) in [7, 11) is 0. The molecule has 3 rings (SSSR count). The number of non-ortho nitro benzene ring substituents is 1. The lowest BCUT2D eigenvalue weighted by atomic mass is 9.84. The van der Waals surface area contributed by atoms with Gasteiger partial charge in [-0.2, -0.15) is 0 Å². The number of aromatic nitrogens is 3. The van der Waals surface area contributed by atoms with E-state index in [1.54, 1.807) is 6.20 Å². The second kappa shape index (κ2) is 8.77. The van der Waals surface area contributed by atoms with Crippen LogP contribution in [0.25, 0.3) is 5.65 Å². The number of nitro benzene ring substituents is 1. The molecular weight excluding hydrogens is 432 g/mol. The molecule has 0 saturated heterocycles. The number of imidazole rings is 1. The van der Waals surface area contributed by atoms with E-state index in [-0.39, 0.29) is 28.0 Å². The number of carbonyl (C=O) groups is 1. The van der Waals surface area contributed by atoms with E-state index in [1.807, 2.05) is 4.52 Å². The molecule has 0 fully saturated rings. The molecule has 0 bridgehead atoms. The van der Waals surface area contributed by atoms with Crippen molar-refractivity contribution in [3.63, 3.8) is 0 Å². The van der Waals surface area contributed by atoms with Gasteiger partial charge in [-0.05, 0) is 44.2 Å². The smallest absolute Gasteiger partial charge is 0.269 e. The van der Waals surface area contributed by atoms with Crippen LogP contribution in [-0.4, -0.2) is 31.0 Å². The van der Waals surface area contributed by atoms with Crippen LogP contribution < -0.4 is 10.6 Å². The third-order valence-corrected chi connectivity index (χ3v) is 5.70. The van der Waals surface area contributed by atoms with Gasteiger partial charge in [0.2, 0.25) is 0 Å². The Balaban J connectivity index is 1.93. The number of fused-ring (bicyclic) bond motifs is 1. The van der Waals surface area contributed by atoms with Crippen molar-refractivity contribution >= 4 is 28.7 Å². The summed E-state index contributed by atoms with van der Waals surface area (Å²) in [4.78, 5) is 28.3. The van der Waals surface area contributed by atoms with Crippen LogP contribution in [-0.2, 0) is 5.41 Å². The first-order chi connectivity index (χ1) is 15.6. The molecule has 0 aliphatic carbocycles. The van der Waals surface area contributed by atoms with Crippen molar-refractivity contribution in [3.05, 3.63) is 51.8 Å². The maximum Gasteiger partial charge on any atom is 0.269 e. The largest absolute Gasteiger partial charge is 0.364 e. The molecule has 3 N–H and O–H groups in total. The van der Waals surface area contributed by atoms with E-state index in [2.05, 4.69) is 71.1 Å². The average molecular weight is 469 g/mol. The van der Waals surface area contributed by atoms with Crippen molar-refractivity contribution in [2.45, 2.75) is 79.2 Å². The number of nitrogens with zero attached hydrogens (tertiary/aromatic N) is 3. The topological polar surface area (TPSA) is 117 Å². The number of hydrogen-bond donors (Lipinski definition) is 3. The summed E-state index contributed by atoms with van der Waals surface area (Å²) in [6.45, 7) is 17.4. The lowest BCUT2D eigenvalue weighted by molar-refractivity contribution is -0.384. The number of rotatable bonds is 7. The number of carbonyl (C=O) groups excluding carboxylic acids is 1. The zero-order valence-electron chi connectivity index (χ0n) is 21.4. The first kappa shape index (κ1) is 25.3. The molecule has 1 amide bonds. The molecular formula is C25H36N6O3. The molecule has 2 heterocycles. The van der Waals surface area contributed by atoms with Gasteiger partial charge in [-0.1, -0.05) is 41.5 Å². The zero-order valence-corrected chi connectivity index (χ0v) is 21.4. The van der Waals surface area contributed by atoms with Gasteiger partial charge in [0, 0.05) is 35.0 Å². The van der Waals surface area contributed by atoms with Gasteiger partial charge < -0.3 is 10.6 Å². The lowest BCUT2D eigenvalue weighted by Gasteiger charge is -2.32. The molecule has 3 aromatic rings. The standard InChI is InChI=1S/C25H36N6O3/c1-23(2,3)13-14-25(7,8)29-21-19(24(4,5)6)28-20-18(15-26-30(20)21)22(32)27-16-9-11-17(12-10-16)31(33)34/h9-12,15,26,29H,13-14H2,1-8H3,(H,27,32). The number of hydrogen-bond acceptors (Lipinski definition) is 5.